The molecule has 0 aliphatic carbocycles. The third-order valence-electron chi connectivity index (χ3n) is 3.56. The van der Waals surface area contributed by atoms with Gasteiger partial charge in [0.05, 0.1) is 12.7 Å². The number of nitrogens with one attached hydrogen (secondary N) is 1. The van der Waals surface area contributed by atoms with E-state index < -0.39 is 0 Å². The van der Waals surface area contributed by atoms with Crippen molar-refractivity contribution in [3.63, 3.8) is 0 Å². The van der Waals surface area contributed by atoms with Gasteiger partial charge in [-0.3, -0.25) is 4.98 Å². The Bertz CT molecular complexity index is 563. The smallest absolute Gasteiger partial charge is 0.0951 e. The van der Waals surface area contributed by atoms with Crippen molar-refractivity contribution < 1.29 is 4.74 Å². The quantitative estimate of drug-likeness (QED) is 0.938. The van der Waals surface area contributed by atoms with E-state index in [9.17, 15) is 0 Å². The van der Waals surface area contributed by atoms with Gasteiger partial charge in [-0.2, -0.15) is 0 Å². The number of ether oxygens (including phenoxy) is 1. The summed E-state index contributed by atoms with van der Waals surface area (Å²) in [6, 6.07) is 10.7. The SMILES string of the molecule is CNC[C@H]1OCCc2cc(-c3cccnc3)ccc21.Cl.Cl. The first kappa shape index (κ1) is 17.9. The van der Waals surface area contributed by atoms with Gasteiger partial charge in [0.25, 0.3) is 0 Å². The largest absolute Gasteiger partial charge is 0.372 e. The zero-order valence-corrected chi connectivity index (χ0v) is 13.5. The van der Waals surface area contributed by atoms with E-state index >= 15 is 0 Å². The average Bonchev–Trinajstić information content (AvgIpc) is 2.48. The maximum atomic E-state index is 5.82. The highest BCUT2D eigenvalue weighted by Gasteiger charge is 2.20. The lowest BCUT2D eigenvalue weighted by Gasteiger charge is -2.26. The summed E-state index contributed by atoms with van der Waals surface area (Å²) >= 11 is 0. The molecule has 1 aromatic carbocycles. The molecule has 1 aromatic heterocycles. The van der Waals surface area contributed by atoms with Crippen LogP contribution in [0.4, 0.5) is 0 Å². The molecule has 0 bridgehead atoms. The first-order valence-corrected chi connectivity index (χ1v) is 6.68. The van der Waals surface area contributed by atoms with E-state index in [1.165, 1.54) is 22.3 Å². The van der Waals surface area contributed by atoms with Gasteiger partial charge in [0.2, 0.25) is 0 Å². The van der Waals surface area contributed by atoms with Crippen LogP contribution in [0.1, 0.15) is 17.2 Å². The molecule has 3 rings (SSSR count). The predicted octanol–water partition coefficient (Wildman–Crippen LogP) is 3.43. The fourth-order valence-corrected chi connectivity index (χ4v) is 2.60. The Labute approximate surface area is 137 Å². The third kappa shape index (κ3) is 3.95. The Balaban J connectivity index is 0.00000110. The number of likely N-dealkylation sites (N-methyl/N-ethyl adjacent to an activating group) is 1. The van der Waals surface area contributed by atoms with Gasteiger partial charge in [-0.05, 0) is 41.8 Å². The molecule has 0 radical (unpaired) electrons. The minimum atomic E-state index is 0. The van der Waals surface area contributed by atoms with Crippen LogP contribution >= 0.6 is 24.8 Å². The summed E-state index contributed by atoms with van der Waals surface area (Å²) in [6.07, 6.45) is 4.88. The normalized spacial score (nSPS) is 16.3. The summed E-state index contributed by atoms with van der Waals surface area (Å²) in [5.41, 5.74) is 5.11. The van der Waals surface area contributed by atoms with E-state index in [1.807, 2.05) is 19.3 Å². The van der Waals surface area contributed by atoms with Gasteiger partial charge >= 0.3 is 0 Å². The zero-order valence-electron chi connectivity index (χ0n) is 11.9. The monoisotopic (exact) mass is 326 g/mol. The van der Waals surface area contributed by atoms with Crippen molar-refractivity contribution in [2.75, 3.05) is 20.2 Å². The number of hydrogen-bond donors (Lipinski definition) is 1. The maximum Gasteiger partial charge on any atom is 0.0951 e. The number of rotatable bonds is 3. The van der Waals surface area contributed by atoms with E-state index in [1.54, 1.807) is 6.20 Å². The highest BCUT2D eigenvalue weighted by Crippen LogP contribution is 2.30. The van der Waals surface area contributed by atoms with Gasteiger partial charge < -0.3 is 10.1 Å². The fourth-order valence-electron chi connectivity index (χ4n) is 2.60. The first-order valence-electron chi connectivity index (χ1n) is 6.68. The van der Waals surface area contributed by atoms with E-state index in [0.717, 1.165) is 19.6 Å². The average molecular weight is 327 g/mol. The maximum absolute atomic E-state index is 5.82. The number of aromatic nitrogens is 1. The Morgan fingerprint density at radius 1 is 1.24 bits per heavy atom. The lowest BCUT2D eigenvalue weighted by atomic mass is 9.93. The minimum absolute atomic E-state index is 0. The molecule has 0 unspecified atom stereocenters. The van der Waals surface area contributed by atoms with Crippen LogP contribution in [0.5, 0.6) is 0 Å². The molecule has 1 aliphatic heterocycles. The van der Waals surface area contributed by atoms with Gasteiger partial charge in [0.1, 0.15) is 0 Å². The fraction of sp³-hybridized carbons (Fsp3) is 0.312. The molecule has 0 saturated heterocycles. The predicted molar refractivity (Wildman–Crippen MR) is 90.5 cm³/mol. The molecule has 114 valence electrons. The van der Waals surface area contributed by atoms with Crippen molar-refractivity contribution >= 4 is 24.8 Å². The van der Waals surface area contributed by atoms with E-state index in [2.05, 4.69) is 34.6 Å². The molecular weight excluding hydrogens is 307 g/mol. The standard InChI is InChI=1S/C16H18N2O.2ClH/c1-17-11-16-15-5-4-12(9-13(15)6-8-19-16)14-3-2-7-18-10-14;;/h2-5,7,9-10,16-17H,6,8,11H2,1H3;2*1H/t16-;;/m1../s1. The summed E-state index contributed by atoms with van der Waals surface area (Å²) in [6.45, 7) is 1.66. The van der Waals surface area contributed by atoms with Crippen LogP contribution in [0, 0.1) is 0 Å². The number of nitrogens with zero attached hydrogens (tertiary/aromatic N) is 1. The van der Waals surface area contributed by atoms with Crippen molar-refractivity contribution in [2.45, 2.75) is 12.5 Å². The Hall–Kier alpha value is -1.13. The molecular formula is C16H20Cl2N2O. The number of pyridine rings is 1. The van der Waals surface area contributed by atoms with Gasteiger partial charge in [-0.1, -0.05) is 24.3 Å². The molecule has 1 atom stereocenters. The van der Waals surface area contributed by atoms with Crippen LogP contribution in [0.3, 0.4) is 0 Å². The molecule has 5 heteroatoms. The molecule has 2 aromatic rings. The molecule has 0 amide bonds. The lowest BCUT2D eigenvalue weighted by Crippen LogP contribution is -2.25. The summed E-state index contributed by atoms with van der Waals surface area (Å²) in [5.74, 6) is 0. The molecule has 2 heterocycles. The molecule has 3 nitrogen and oxygen atoms in total. The topological polar surface area (TPSA) is 34.1 Å². The molecule has 0 fully saturated rings. The number of halogens is 2. The highest BCUT2D eigenvalue weighted by molar-refractivity contribution is 5.85. The van der Waals surface area contributed by atoms with Gasteiger partial charge in [-0.15, -0.1) is 24.8 Å². The number of fused-ring (bicyclic) bond motifs is 1. The second-order valence-electron chi connectivity index (χ2n) is 4.82. The van der Waals surface area contributed by atoms with Crippen molar-refractivity contribution in [1.82, 2.24) is 10.3 Å². The van der Waals surface area contributed by atoms with Crippen molar-refractivity contribution in [3.05, 3.63) is 53.9 Å². The van der Waals surface area contributed by atoms with Gasteiger partial charge in [0, 0.05) is 18.9 Å². The highest BCUT2D eigenvalue weighted by atomic mass is 35.5. The van der Waals surface area contributed by atoms with Crippen LogP contribution in [0.15, 0.2) is 42.7 Å². The van der Waals surface area contributed by atoms with Crippen molar-refractivity contribution in [1.29, 1.82) is 0 Å². The van der Waals surface area contributed by atoms with E-state index in [0.29, 0.717) is 0 Å². The van der Waals surface area contributed by atoms with Gasteiger partial charge in [0.15, 0.2) is 0 Å². The molecule has 0 spiro atoms. The second kappa shape index (κ2) is 8.35. The van der Waals surface area contributed by atoms with Crippen LogP contribution in [-0.2, 0) is 11.2 Å². The zero-order chi connectivity index (χ0) is 13.1. The number of hydrogen-bond acceptors (Lipinski definition) is 3. The molecule has 1 N–H and O–H groups in total. The Kier molecular flexibility index (Phi) is 7.12. The summed E-state index contributed by atoms with van der Waals surface area (Å²) in [4.78, 5) is 4.18. The van der Waals surface area contributed by atoms with Crippen molar-refractivity contribution in [3.8, 4) is 11.1 Å². The van der Waals surface area contributed by atoms with Gasteiger partial charge in [-0.25, -0.2) is 0 Å². The summed E-state index contributed by atoms with van der Waals surface area (Å²) in [5, 5.41) is 3.19. The van der Waals surface area contributed by atoms with Crippen LogP contribution in [0.2, 0.25) is 0 Å². The first-order chi connectivity index (χ1) is 9.38. The van der Waals surface area contributed by atoms with E-state index in [4.69, 9.17) is 4.74 Å². The Morgan fingerprint density at radius 3 is 2.81 bits per heavy atom. The van der Waals surface area contributed by atoms with Crippen LogP contribution in [0.25, 0.3) is 11.1 Å². The van der Waals surface area contributed by atoms with Crippen LogP contribution in [-0.4, -0.2) is 25.2 Å². The molecule has 0 saturated carbocycles. The minimum Gasteiger partial charge on any atom is -0.372 e. The van der Waals surface area contributed by atoms with E-state index in [-0.39, 0.29) is 30.9 Å². The molecule has 21 heavy (non-hydrogen) atoms. The Morgan fingerprint density at radius 2 is 2.10 bits per heavy atom. The van der Waals surface area contributed by atoms with Crippen LogP contribution < -0.4 is 5.32 Å². The molecule has 1 aliphatic rings. The lowest BCUT2D eigenvalue weighted by molar-refractivity contribution is 0.0439. The summed E-state index contributed by atoms with van der Waals surface area (Å²) < 4.78 is 5.82. The summed E-state index contributed by atoms with van der Waals surface area (Å²) in [7, 11) is 1.96. The van der Waals surface area contributed by atoms with Crippen molar-refractivity contribution in [2.24, 2.45) is 0 Å². The number of benzene rings is 1. The second-order valence-corrected chi connectivity index (χ2v) is 4.82. The third-order valence-corrected chi connectivity index (χ3v) is 3.56.